The molecule has 0 spiro atoms. The van der Waals surface area contributed by atoms with E-state index in [-0.39, 0.29) is 18.0 Å². The summed E-state index contributed by atoms with van der Waals surface area (Å²) in [6.07, 6.45) is 2.70. The van der Waals surface area contributed by atoms with Crippen LogP contribution in [0.5, 0.6) is 0 Å². The molecule has 0 aliphatic heterocycles. The number of aryl methyl sites for hydroxylation is 1. The highest BCUT2D eigenvalue weighted by Gasteiger charge is 2.21. The summed E-state index contributed by atoms with van der Waals surface area (Å²) in [5.41, 5.74) is 0.805. The van der Waals surface area contributed by atoms with Crippen LogP contribution in [0.25, 0.3) is 0 Å². The third-order valence-electron chi connectivity index (χ3n) is 3.62. The molecule has 0 saturated heterocycles. The van der Waals surface area contributed by atoms with Gasteiger partial charge in [0.1, 0.15) is 12.4 Å². The second-order valence-electron chi connectivity index (χ2n) is 5.76. The molecule has 5 nitrogen and oxygen atoms in total. The first kappa shape index (κ1) is 19.1. The zero-order valence-corrected chi connectivity index (χ0v) is 15.2. The number of hydrogen-bond acceptors (Lipinski definition) is 4. The fourth-order valence-electron chi connectivity index (χ4n) is 2.35. The van der Waals surface area contributed by atoms with Gasteiger partial charge in [-0.1, -0.05) is 31.9 Å². The molecular formula is C18H22FN3O2S. The van der Waals surface area contributed by atoms with Crippen molar-refractivity contribution < 1.29 is 14.0 Å². The lowest BCUT2D eigenvalue weighted by atomic mass is 10.1. The summed E-state index contributed by atoms with van der Waals surface area (Å²) in [7, 11) is 0. The van der Waals surface area contributed by atoms with E-state index in [1.54, 1.807) is 6.07 Å². The van der Waals surface area contributed by atoms with Crippen molar-refractivity contribution in [2.75, 3.05) is 18.4 Å². The van der Waals surface area contributed by atoms with Gasteiger partial charge < -0.3 is 10.2 Å². The van der Waals surface area contributed by atoms with Gasteiger partial charge >= 0.3 is 0 Å². The number of carbonyl (C=O) groups excluding carboxylic acids is 2. The number of hydrogen-bond donors (Lipinski definition) is 1. The van der Waals surface area contributed by atoms with E-state index >= 15 is 0 Å². The van der Waals surface area contributed by atoms with Crippen LogP contribution in [0.2, 0.25) is 0 Å². The first-order valence-electron chi connectivity index (χ1n) is 8.27. The predicted octanol–water partition coefficient (Wildman–Crippen LogP) is 3.86. The van der Waals surface area contributed by atoms with Crippen molar-refractivity contribution in [2.24, 2.45) is 0 Å². The first-order chi connectivity index (χ1) is 12.0. The minimum Gasteiger partial charge on any atom is -0.329 e. The Kier molecular flexibility index (Phi) is 7.06. The van der Waals surface area contributed by atoms with E-state index in [1.807, 2.05) is 12.3 Å². The molecule has 2 amide bonds. The molecule has 0 atom stereocenters. The monoisotopic (exact) mass is 363 g/mol. The Morgan fingerprint density at radius 1 is 1.28 bits per heavy atom. The van der Waals surface area contributed by atoms with Gasteiger partial charge in [-0.3, -0.25) is 9.59 Å². The lowest BCUT2D eigenvalue weighted by Crippen LogP contribution is -2.39. The predicted molar refractivity (Wildman–Crippen MR) is 97.3 cm³/mol. The molecule has 0 saturated carbocycles. The third kappa shape index (κ3) is 5.63. The summed E-state index contributed by atoms with van der Waals surface area (Å²) in [6, 6.07) is 5.83. The molecule has 0 aliphatic carbocycles. The summed E-state index contributed by atoms with van der Waals surface area (Å²) in [4.78, 5) is 30.5. The van der Waals surface area contributed by atoms with E-state index in [0.717, 1.165) is 25.0 Å². The molecule has 1 aromatic heterocycles. The van der Waals surface area contributed by atoms with Crippen LogP contribution < -0.4 is 5.32 Å². The summed E-state index contributed by atoms with van der Waals surface area (Å²) < 4.78 is 13.9. The average molecular weight is 363 g/mol. The molecule has 0 bridgehead atoms. The molecular weight excluding hydrogens is 341 g/mol. The van der Waals surface area contributed by atoms with E-state index in [0.29, 0.717) is 11.7 Å². The molecule has 1 heterocycles. The standard InChI is InChI=1S/C18H22FN3O2S/c1-3-4-7-10-22(17(24)14-8-5-6-9-15(14)19)11-16(23)21-18-20-13(2)12-25-18/h5-6,8-9,12H,3-4,7,10-11H2,1-2H3,(H,20,21,23). The smallest absolute Gasteiger partial charge is 0.257 e. The number of nitrogens with one attached hydrogen (secondary N) is 1. The molecule has 0 fully saturated rings. The Hall–Kier alpha value is -2.28. The van der Waals surface area contributed by atoms with Crippen LogP contribution in [0.1, 0.15) is 42.2 Å². The Labute approximate surface area is 150 Å². The molecule has 134 valence electrons. The van der Waals surface area contributed by atoms with Crippen LogP contribution in [-0.4, -0.2) is 34.8 Å². The van der Waals surface area contributed by atoms with Crippen molar-refractivity contribution in [3.63, 3.8) is 0 Å². The van der Waals surface area contributed by atoms with Crippen LogP contribution in [0.4, 0.5) is 9.52 Å². The zero-order valence-electron chi connectivity index (χ0n) is 14.4. The Bertz CT molecular complexity index is 733. The van der Waals surface area contributed by atoms with E-state index in [4.69, 9.17) is 0 Å². The van der Waals surface area contributed by atoms with Gasteiger partial charge in [0.25, 0.3) is 5.91 Å². The number of aromatic nitrogens is 1. The highest BCUT2D eigenvalue weighted by atomic mass is 32.1. The summed E-state index contributed by atoms with van der Waals surface area (Å²) in [5, 5.41) is 5.01. The number of unbranched alkanes of at least 4 members (excludes halogenated alkanes) is 2. The normalized spacial score (nSPS) is 10.5. The molecule has 7 heteroatoms. The fraction of sp³-hybridized carbons (Fsp3) is 0.389. The highest BCUT2D eigenvalue weighted by molar-refractivity contribution is 7.13. The van der Waals surface area contributed by atoms with Gasteiger partial charge in [-0.05, 0) is 25.5 Å². The molecule has 1 aromatic carbocycles. The average Bonchev–Trinajstić information content (AvgIpc) is 2.98. The minimum absolute atomic E-state index is 0.0168. The number of amides is 2. The Morgan fingerprint density at radius 3 is 2.68 bits per heavy atom. The Balaban J connectivity index is 2.07. The van der Waals surface area contributed by atoms with Gasteiger partial charge in [-0.25, -0.2) is 9.37 Å². The quantitative estimate of drug-likeness (QED) is 0.725. The summed E-state index contributed by atoms with van der Waals surface area (Å²) in [6.45, 7) is 4.17. The van der Waals surface area contributed by atoms with Crippen molar-refractivity contribution >= 4 is 28.3 Å². The first-order valence-corrected chi connectivity index (χ1v) is 9.15. The van der Waals surface area contributed by atoms with Crippen molar-refractivity contribution in [2.45, 2.75) is 33.1 Å². The van der Waals surface area contributed by atoms with Gasteiger partial charge in [0.15, 0.2) is 5.13 Å². The number of rotatable bonds is 8. The van der Waals surface area contributed by atoms with Crippen molar-refractivity contribution in [1.29, 1.82) is 0 Å². The summed E-state index contributed by atoms with van der Waals surface area (Å²) in [5.74, 6) is -1.39. The number of anilines is 1. The molecule has 0 radical (unpaired) electrons. The van der Waals surface area contributed by atoms with Crippen LogP contribution in [0.3, 0.4) is 0 Å². The lowest BCUT2D eigenvalue weighted by molar-refractivity contribution is -0.116. The largest absolute Gasteiger partial charge is 0.329 e. The van der Waals surface area contributed by atoms with E-state index in [1.165, 1.54) is 34.4 Å². The zero-order chi connectivity index (χ0) is 18.2. The van der Waals surface area contributed by atoms with Crippen LogP contribution >= 0.6 is 11.3 Å². The maximum atomic E-state index is 13.9. The SMILES string of the molecule is CCCCCN(CC(=O)Nc1nc(C)cs1)C(=O)c1ccccc1F. The second-order valence-corrected chi connectivity index (χ2v) is 6.61. The number of carbonyl (C=O) groups is 2. The topological polar surface area (TPSA) is 62.3 Å². The van der Waals surface area contributed by atoms with Crippen LogP contribution in [0, 0.1) is 12.7 Å². The fourth-order valence-corrected chi connectivity index (χ4v) is 3.06. The van der Waals surface area contributed by atoms with E-state index in [9.17, 15) is 14.0 Å². The molecule has 1 N–H and O–H groups in total. The number of halogens is 1. The van der Waals surface area contributed by atoms with Crippen molar-refractivity contribution in [3.05, 3.63) is 46.7 Å². The molecule has 2 aromatic rings. The van der Waals surface area contributed by atoms with Crippen molar-refractivity contribution in [1.82, 2.24) is 9.88 Å². The second kappa shape index (κ2) is 9.27. The molecule has 0 aliphatic rings. The van der Waals surface area contributed by atoms with E-state index in [2.05, 4.69) is 17.2 Å². The number of benzene rings is 1. The lowest BCUT2D eigenvalue weighted by Gasteiger charge is -2.22. The highest BCUT2D eigenvalue weighted by Crippen LogP contribution is 2.15. The number of nitrogens with zero attached hydrogens (tertiary/aromatic N) is 2. The van der Waals surface area contributed by atoms with Gasteiger partial charge in [0.2, 0.25) is 5.91 Å². The molecule has 0 unspecified atom stereocenters. The maximum Gasteiger partial charge on any atom is 0.257 e. The minimum atomic E-state index is -0.580. The molecule has 25 heavy (non-hydrogen) atoms. The third-order valence-corrected chi connectivity index (χ3v) is 4.50. The summed E-state index contributed by atoms with van der Waals surface area (Å²) >= 11 is 1.33. The Morgan fingerprint density at radius 2 is 2.04 bits per heavy atom. The van der Waals surface area contributed by atoms with Crippen LogP contribution in [0.15, 0.2) is 29.6 Å². The maximum absolute atomic E-state index is 13.9. The van der Waals surface area contributed by atoms with Gasteiger partial charge in [0, 0.05) is 11.9 Å². The van der Waals surface area contributed by atoms with E-state index < -0.39 is 11.7 Å². The van der Waals surface area contributed by atoms with Crippen molar-refractivity contribution in [3.8, 4) is 0 Å². The van der Waals surface area contributed by atoms with Gasteiger partial charge in [-0.15, -0.1) is 11.3 Å². The number of thiazole rings is 1. The van der Waals surface area contributed by atoms with Gasteiger partial charge in [0.05, 0.1) is 11.3 Å². The molecule has 2 rings (SSSR count). The van der Waals surface area contributed by atoms with Crippen LogP contribution in [-0.2, 0) is 4.79 Å². The van der Waals surface area contributed by atoms with Gasteiger partial charge in [-0.2, -0.15) is 0 Å².